The first-order valence-corrected chi connectivity index (χ1v) is 9.16. The number of hydrogen-bond acceptors (Lipinski definition) is 3. The van der Waals surface area contributed by atoms with Gasteiger partial charge in [-0.15, -0.1) is 0 Å². The molecule has 1 aliphatic rings. The van der Waals surface area contributed by atoms with Gasteiger partial charge in [0, 0.05) is 12.6 Å². The molecule has 1 saturated carbocycles. The smallest absolute Gasteiger partial charge is 0.240 e. The fourth-order valence-corrected chi connectivity index (χ4v) is 4.08. The summed E-state index contributed by atoms with van der Waals surface area (Å²) in [6.45, 7) is 4.57. The third-order valence-corrected chi connectivity index (χ3v) is 5.88. The molecule has 0 saturated heterocycles. The highest BCUT2D eigenvalue weighted by molar-refractivity contribution is 7.89. The Labute approximate surface area is 128 Å². The summed E-state index contributed by atoms with van der Waals surface area (Å²) in [4.78, 5) is 0.311. The number of rotatable bonds is 5. The van der Waals surface area contributed by atoms with Gasteiger partial charge in [0.05, 0.1) is 4.90 Å². The van der Waals surface area contributed by atoms with Crippen LogP contribution in [-0.4, -0.2) is 15.0 Å². The summed E-state index contributed by atoms with van der Waals surface area (Å²) in [5, 5.41) is 0. The molecule has 1 aliphatic carbocycles. The van der Waals surface area contributed by atoms with E-state index in [0.717, 1.165) is 18.4 Å². The van der Waals surface area contributed by atoms with Crippen molar-refractivity contribution in [3.05, 3.63) is 29.8 Å². The van der Waals surface area contributed by atoms with Crippen LogP contribution < -0.4 is 10.5 Å². The first-order chi connectivity index (χ1) is 9.82. The Kier molecular flexibility index (Phi) is 5.07. The van der Waals surface area contributed by atoms with Crippen LogP contribution in [0.4, 0.5) is 0 Å². The standard InChI is InChI=1S/C16H26N2O2S/c1-13(17)14-6-8-15(9-7-14)21(19,20)18-12-16(2)10-4-3-5-11-16/h6-9,13,18H,3-5,10-12,17H2,1-2H3. The summed E-state index contributed by atoms with van der Waals surface area (Å²) in [7, 11) is -3.43. The van der Waals surface area contributed by atoms with Crippen molar-refractivity contribution in [1.29, 1.82) is 0 Å². The summed E-state index contributed by atoms with van der Waals surface area (Å²) in [6, 6.07) is 6.73. The van der Waals surface area contributed by atoms with Crippen LogP contribution in [-0.2, 0) is 10.0 Å². The Morgan fingerprint density at radius 2 is 1.76 bits per heavy atom. The Hall–Kier alpha value is -0.910. The van der Waals surface area contributed by atoms with Gasteiger partial charge < -0.3 is 5.73 Å². The maximum Gasteiger partial charge on any atom is 0.240 e. The highest BCUT2D eigenvalue weighted by Crippen LogP contribution is 2.35. The molecule has 21 heavy (non-hydrogen) atoms. The fourth-order valence-electron chi connectivity index (χ4n) is 2.89. The Bertz CT molecular complexity index is 558. The number of nitrogens with one attached hydrogen (secondary N) is 1. The van der Waals surface area contributed by atoms with Crippen molar-refractivity contribution in [1.82, 2.24) is 4.72 Å². The van der Waals surface area contributed by atoms with Crippen LogP contribution in [0, 0.1) is 5.41 Å². The molecule has 4 nitrogen and oxygen atoms in total. The van der Waals surface area contributed by atoms with Crippen molar-refractivity contribution >= 4 is 10.0 Å². The molecule has 0 heterocycles. The van der Waals surface area contributed by atoms with Crippen LogP contribution in [0.25, 0.3) is 0 Å². The van der Waals surface area contributed by atoms with E-state index in [1.807, 2.05) is 6.92 Å². The van der Waals surface area contributed by atoms with Crippen LogP contribution in [0.5, 0.6) is 0 Å². The quantitative estimate of drug-likeness (QED) is 0.878. The van der Waals surface area contributed by atoms with Gasteiger partial charge in [0.25, 0.3) is 0 Å². The fraction of sp³-hybridized carbons (Fsp3) is 0.625. The minimum Gasteiger partial charge on any atom is -0.324 e. The van der Waals surface area contributed by atoms with Gasteiger partial charge in [-0.1, -0.05) is 38.3 Å². The maximum atomic E-state index is 12.4. The monoisotopic (exact) mass is 310 g/mol. The number of hydrogen-bond donors (Lipinski definition) is 2. The van der Waals surface area contributed by atoms with E-state index < -0.39 is 10.0 Å². The van der Waals surface area contributed by atoms with Gasteiger partial charge in [0.15, 0.2) is 0 Å². The van der Waals surface area contributed by atoms with Crippen molar-refractivity contribution in [2.45, 2.75) is 56.9 Å². The van der Waals surface area contributed by atoms with E-state index >= 15 is 0 Å². The largest absolute Gasteiger partial charge is 0.324 e. The second-order valence-corrected chi connectivity index (χ2v) is 8.32. The number of sulfonamides is 1. The second kappa shape index (κ2) is 6.46. The zero-order chi connectivity index (χ0) is 15.5. The van der Waals surface area contributed by atoms with E-state index in [1.54, 1.807) is 24.3 Å². The summed E-state index contributed by atoms with van der Waals surface area (Å²) >= 11 is 0. The highest BCUT2D eigenvalue weighted by Gasteiger charge is 2.28. The Morgan fingerprint density at radius 1 is 1.19 bits per heavy atom. The molecule has 0 aliphatic heterocycles. The van der Waals surface area contributed by atoms with Gasteiger partial charge in [-0.05, 0) is 42.9 Å². The van der Waals surface area contributed by atoms with Crippen LogP contribution in [0.2, 0.25) is 0 Å². The molecule has 1 aromatic carbocycles. The lowest BCUT2D eigenvalue weighted by molar-refractivity contribution is 0.219. The normalized spacial score (nSPS) is 20.1. The van der Waals surface area contributed by atoms with Crippen molar-refractivity contribution < 1.29 is 8.42 Å². The van der Waals surface area contributed by atoms with Gasteiger partial charge in [0.2, 0.25) is 10.0 Å². The van der Waals surface area contributed by atoms with Crippen molar-refractivity contribution in [3.8, 4) is 0 Å². The van der Waals surface area contributed by atoms with Gasteiger partial charge in [-0.25, -0.2) is 13.1 Å². The van der Waals surface area contributed by atoms with Crippen molar-refractivity contribution in [3.63, 3.8) is 0 Å². The highest BCUT2D eigenvalue weighted by atomic mass is 32.2. The molecule has 1 aromatic rings. The topological polar surface area (TPSA) is 72.2 Å². The minimum absolute atomic E-state index is 0.0872. The molecule has 0 bridgehead atoms. The predicted octanol–water partition coefficient (Wildman–Crippen LogP) is 2.96. The zero-order valence-electron chi connectivity index (χ0n) is 12.9. The van der Waals surface area contributed by atoms with Crippen LogP contribution in [0.1, 0.15) is 57.6 Å². The molecule has 2 rings (SSSR count). The van der Waals surface area contributed by atoms with E-state index in [0.29, 0.717) is 11.4 Å². The molecule has 1 fully saturated rings. The molecule has 0 radical (unpaired) electrons. The lowest BCUT2D eigenvalue weighted by atomic mass is 9.76. The Morgan fingerprint density at radius 3 is 2.29 bits per heavy atom. The average Bonchev–Trinajstić information content (AvgIpc) is 2.46. The summed E-state index contributed by atoms with van der Waals surface area (Å²) in [5.74, 6) is 0. The zero-order valence-corrected chi connectivity index (χ0v) is 13.7. The molecule has 5 heteroatoms. The number of benzene rings is 1. The van der Waals surface area contributed by atoms with Crippen LogP contribution in [0.15, 0.2) is 29.2 Å². The SMILES string of the molecule is CC(N)c1ccc(S(=O)(=O)NCC2(C)CCCCC2)cc1. The van der Waals surface area contributed by atoms with Crippen LogP contribution >= 0.6 is 0 Å². The average molecular weight is 310 g/mol. The minimum atomic E-state index is -3.43. The molecule has 3 N–H and O–H groups in total. The van der Waals surface area contributed by atoms with Gasteiger partial charge in [0.1, 0.15) is 0 Å². The first kappa shape index (κ1) is 16.5. The molecular weight excluding hydrogens is 284 g/mol. The lowest BCUT2D eigenvalue weighted by Crippen LogP contribution is -2.37. The lowest BCUT2D eigenvalue weighted by Gasteiger charge is -2.33. The van der Waals surface area contributed by atoms with Gasteiger partial charge in [-0.3, -0.25) is 0 Å². The van der Waals surface area contributed by atoms with Crippen LogP contribution in [0.3, 0.4) is 0 Å². The maximum absolute atomic E-state index is 12.4. The van der Waals surface area contributed by atoms with E-state index in [1.165, 1.54) is 19.3 Å². The molecule has 1 atom stereocenters. The predicted molar refractivity (Wildman–Crippen MR) is 85.4 cm³/mol. The molecule has 0 amide bonds. The summed E-state index contributed by atoms with van der Waals surface area (Å²) in [5.41, 5.74) is 6.81. The van der Waals surface area contributed by atoms with E-state index in [-0.39, 0.29) is 11.5 Å². The second-order valence-electron chi connectivity index (χ2n) is 6.55. The van der Waals surface area contributed by atoms with Gasteiger partial charge in [-0.2, -0.15) is 0 Å². The van der Waals surface area contributed by atoms with Gasteiger partial charge >= 0.3 is 0 Å². The Balaban J connectivity index is 2.04. The van der Waals surface area contributed by atoms with E-state index in [2.05, 4.69) is 11.6 Å². The van der Waals surface area contributed by atoms with Crippen molar-refractivity contribution in [2.75, 3.05) is 6.54 Å². The summed E-state index contributed by atoms with van der Waals surface area (Å²) in [6.07, 6.45) is 5.85. The molecule has 1 unspecified atom stereocenters. The van der Waals surface area contributed by atoms with E-state index in [9.17, 15) is 8.42 Å². The molecule has 0 spiro atoms. The van der Waals surface area contributed by atoms with Crippen molar-refractivity contribution in [2.24, 2.45) is 11.1 Å². The molecular formula is C16H26N2O2S. The molecule has 0 aromatic heterocycles. The third-order valence-electron chi connectivity index (χ3n) is 4.47. The molecule has 118 valence electrons. The third kappa shape index (κ3) is 4.28. The summed E-state index contributed by atoms with van der Waals surface area (Å²) < 4.78 is 27.5. The number of nitrogens with two attached hydrogens (primary N) is 1. The first-order valence-electron chi connectivity index (χ1n) is 7.68. The van der Waals surface area contributed by atoms with E-state index in [4.69, 9.17) is 5.73 Å².